The molecule has 0 saturated carbocycles. The van der Waals surface area contributed by atoms with Crippen LogP contribution in [0.1, 0.15) is 26.3 Å². The van der Waals surface area contributed by atoms with Crippen LogP contribution in [-0.2, 0) is 9.53 Å². The third kappa shape index (κ3) is 3.96. The summed E-state index contributed by atoms with van der Waals surface area (Å²) in [5, 5.41) is 3.66. The molecule has 4 nitrogen and oxygen atoms in total. The van der Waals surface area contributed by atoms with Gasteiger partial charge in [-0.2, -0.15) is 0 Å². The highest BCUT2D eigenvalue weighted by atomic mass is 35.5. The molecule has 0 unspecified atom stereocenters. The molecule has 0 aliphatic carbocycles. The number of hydrogen-bond donors (Lipinski definition) is 2. The lowest BCUT2D eigenvalue weighted by molar-refractivity contribution is -0.928. The Hall–Kier alpha value is -1.10. The van der Waals surface area contributed by atoms with E-state index in [9.17, 15) is 4.79 Å². The van der Waals surface area contributed by atoms with E-state index >= 15 is 0 Å². The highest BCUT2D eigenvalue weighted by Gasteiger charge is 2.33. The number of hydrogen-bond acceptors (Lipinski definition) is 2. The molecular weight excluding hydrogens is 288 g/mol. The zero-order valence-electron chi connectivity index (χ0n) is 13.1. The van der Waals surface area contributed by atoms with Gasteiger partial charge in [0.1, 0.15) is 25.3 Å². The van der Waals surface area contributed by atoms with E-state index in [1.54, 1.807) is 0 Å². The number of rotatable bonds is 3. The number of morpholine rings is 1. The minimum absolute atomic E-state index is 0.0247. The SMILES string of the molecule is Cc1c(Cl)cccc1NC(=O)[C@@H](C)[NH+]1C[C@@H](C)O[C@H](C)C1. The second kappa shape index (κ2) is 6.77. The number of quaternary nitrogens is 1. The standard InChI is InChI=1S/C16H23ClN2O2/c1-10-8-19(9-11(2)21-10)13(4)16(20)18-15-7-5-6-14(17)12(15)3/h5-7,10-11,13H,8-9H2,1-4H3,(H,18,20)/p+1/t10-,11-,13-/m1/s1. The summed E-state index contributed by atoms with van der Waals surface area (Å²) in [6.45, 7) is 9.70. The van der Waals surface area contributed by atoms with Crippen LogP contribution in [0.5, 0.6) is 0 Å². The second-order valence-corrected chi connectivity index (χ2v) is 6.35. The van der Waals surface area contributed by atoms with E-state index in [0.717, 1.165) is 24.3 Å². The molecule has 0 aromatic heterocycles. The predicted molar refractivity (Wildman–Crippen MR) is 85.0 cm³/mol. The van der Waals surface area contributed by atoms with Crippen LogP contribution in [0, 0.1) is 6.92 Å². The van der Waals surface area contributed by atoms with Gasteiger partial charge in [0.25, 0.3) is 5.91 Å². The Morgan fingerprint density at radius 3 is 2.62 bits per heavy atom. The third-order valence-electron chi connectivity index (χ3n) is 4.10. The molecule has 1 aliphatic heterocycles. The average Bonchev–Trinajstić information content (AvgIpc) is 2.42. The van der Waals surface area contributed by atoms with Crippen LogP contribution in [-0.4, -0.2) is 37.2 Å². The average molecular weight is 312 g/mol. The van der Waals surface area contributed by atoms with Gasteiger partial charge >= 0.3 is 0 Å². The molecule has 116 valence electrons. The Balaban J connectivity index is 2.04. The molecule has 1 aliphatic rings. The first kappa shape index (κ1) is 16.3. The molecular formula is C16H24ClN2O2+. The monoisotopic (exact) mass is 311 g/mol. The largest absolute Gasteiger partial charge is 0.364 e. The van der Waals surface area contributed by atoms with E-state index in [1.165, 1.54) is 4.90 Å². The summed E-state index contributed by atoms with van der Waals surface area (Å²) in [6, 6.07) is 5.44. The van der Waals surface area contributed by atoms with Gasteiger partial charge < -0.3 is 15.0 Å². The summed E-state index contributed by atoms with van der Waals surface area (Å²) in [5.74, 6) is 0.0247. The highest BCUT2D eigenvalue weighted by Crippen LogP contribution is 2.22. The van der Waals surface area contributed by atoms with Crippen LogP contribution < -0.4 is 10.2 Å². The lowest BCUT2D eigenvalue weighted by Gasteiger charge is -2.35. The Labute approximate surface area is 131 Å². The van der Waals surface area contributed by atoms with E-state index in [-0.39, 0.29) is 24.2 Å². The number of carbonyl (C=O) groups is 1. The molecule has 1 amide bonds. The number of anilines is 1. The first-order chi connectivity index (χ1) is 9.88. The summed E-state index contributed by atoms with van der Waals surface area (Å²) in [4.78, 5) is 13.7. The van der Waals surface area contributed by atoms with Gasteiger partial charge in [-0.15, -0.1) is 0 Å². The van der Waals surface area contributed by atoms with Gasteiger partial charge in [-0.25, -0.2) is 0 Å². The summed E-state index contributed by atoms with van der Waals surface area (Å²) in [5.41, 5.74) is 1.69. The Kier molecular flexibility index (Phi) is 5.25. The summed E-state index contributed by atoms with van der Waals surface area (Å²) in [6.07, 6.45) is 0.374. The second-order valence-electron chi connectivity index (χ2n) is 5.95. The van der Waals surface area contributed by atoms with Gasteiger partial charge in [-0.3, -0.25) is 4.79 Å². The molecule has 2 N–H and O–H groups in total. The van der Waals surface area contributed by atoms with Crippen LogP contribution in [0.15, 0.2) is 18.2 Å². The van der Waals surface area contributed by atoms with Crippen LogP contribution >= 0.6 is 11.6 Å². The molecule has 1 aromatic rings. The van der Waals surface area contributed by atoms with Crippen LogP contribution in [0.4, 0.5) is 5.69 Å². The number of nitrogens with one attached hydrogen (secondary N) is 2. The van der Waals surface area contributed by atoms with Crippen molar-refractivity contribution in [3.05, 3.63) is 28.8 Å². The molecule has 1 fully saturated rings. The van der Waals surface area contributed by atoms with Gasteiger partial charge in [0.2, 0.25) is 0 Å². The van der Waals surface area contributed by atoms with Crippen molar-refractivity contribution < 1.29 is 14.4 Å². The highest BCUT2D eigenvalue weighted by molar-refractivity contribution is 6.31. The van der Waals surface area contributed by atoms with Gasteiger partial charge in [0.05, 0.1) is 0 Å². The minimum Gasteiger partial charge on any atom is -0.364 e. The summed E-state index contributed by atoms with van der Waals surface area (Å²) < 4.78 is 5.73. The molecule has 3 atom stereocenters. The maximum atomic E-state index is 12.5. The summed E-state index contributed by atoms with van der Waals surface area (Å²) >= 11 is 6.09. The molecule has 2 rings (SSSR count). The molecule has 21 heavy (non-hydrogen) atoms. The number of halogens is 1. The number of benzene rings is 1. The number of carbonyl (C=O) groups excluding carboxylic acids is 1. The molecule has 0 bridgehead atoms. The number of amides is 1. The first-order valence-corrected chi connectivity index (χ1v) is 7.82. The lowest BCUT2D eigenvalue weighted by Crippen LogP contribution is -3.19. The van der Waals surface area contributed by atoms with Crippen molar-refractivity contribution in [1.82, 2.24) is 0 Å². The van der Waals surface area contributed by atoms with Crippen LogP contribution in [0.25, 0.3) is 0 Å². The summed E-state index contributed by atoms with van der Waals surface area (Å²) in [7, 11) is 0. The Bertz CT molecular complexity index is 511. The van der Waals surface area contributed by atoms with Crippen LogP contribution in [0.2, 0.25) is 5.02 Å². The van der Waals surface area contributed by atoms with Crippen molar-refractivity contribution >= 4 is 23.2 Å². The fraction of sp³-hybridized carbons (Fsp3) is 0.562. The van der Waals surface area contributed by atoms with Gasteiger partial charge in [0.15, 0.2) is 6.04 Å². The van der Waals surface area contributed by atoms with E-state index in [4.69, 9.17) is 16.3 Å². The molecule has 5 heteroatoms. The topological polar surface area (TPSA) is 42.8 Å². The molecule has 1 heterocycles. The molecule has 0 spiro atoms. The van der Waals surface area contributed by atoms with Gasteiger partial charge in [-0.05, 0) is 45.4 Å². The minimum atomic E-state index is -0.114. The third-order valence-corrected chi connectivity index (χ3v) is 4.50. The lowest BCUT2D eigenvalue weighted by atomic mass is 10.1. The van der Waals surface area contributed by atoms with Crippen molar-refractivity contribution in [2.24, 2.45) is 0 Å². The zero-order valence-corrected chi connectivity index (χ0v) is 13.8. The maximum Gasteiger partial charge on any atom is 0.282 e. The normalized spacial score (nSPS) is 27.2. The van der Waals surface area contributed by atoms with E-state index in [2.05, 4.69) is 19.2 Å². The van der Waals surface area contributed by atoms with Crippen molar-refractivity contribution in [2.45, 2.75) is 45.9 Å². The van der Waals surface area contributed by atoms with E-state index < -0.39 is 0 Å². The van der Waals surface area contributed by atoms with Crippen molar-refractivity contribution in [1.29, 1.82) is 0 Å². The van der Waals surface area contributed by atoms with Crippen molar-refractivity contribution in [3.8, 4) is 0 Å². The zero-order chi connectivity index (χ0) is 15.6. The smallest absolute Gasteiger partial charge is 0.282 e. The van der Waals surface area contributed by atoms with Gasteiger partial charge in [-0.1, -0.05) is 17.7 Å². The fourth-order valence-corrected chi connectivity index (χ4v) is 3.01. The quantitative estimate of drug-likeness (QED) is 0.892. The Morgan fingerprint density at radius 1 is 1.38 bits per heavy atom. The van der Waals surface area contributed by atoms with Crippen LogP contribution in [0.3, 0.4) is 0 Å². The molecule has 0 radical (unpaired) electrons. The van der Waals surface area contributed by atoms with Gasteiger partial charge in [0, 0.05) is 10.7 Å². The maximum absolute atomic E-state index is 12.5. The molecule has 1 saturated heterocycles. The first-order valence-electron chi connectivity index (χ1n) is 7.44. The fourth-order valence-electron chi connectivity index (χ4n) is 2.84. The predicted octanol–water partition coefficient (Wildman–Crippen LogP) is 1.67. The molecule has 1 aromatic carbocycles. The van der Waals surface area contributed by atoms with Crippen molar-refractivity contribution in [3.63, 3.8) is 0 Å². The van der Waals surface area contributed by atoms with E-state index in [1.807, 2.05) is 32.0 Å². The van der Waals surface area contributed by atoms with Crippen molar-refractivity contribution in [2.75, 3.05) is 18.4 Å². The Morgan fingerprint density at radius 2 is 2.00 bits per heavy atom. The van der Waals surface area contributed by atoms with E-state index in [0.29, 0.717) is 5.02 Å². The number of ether oxygens (including phenoxy) is 1.